The van der Waals surface area contributed by atoms with E-state index in [1.807, 2.05) is 0 Å². The van der Waals surface area contributed by atoms with Crippen molar-refractivity contribution in [1.82, 2.24) is 9.13 Å². The average molecular weight is 676 g/mol. The molecule has 2 aliphatic rings. The molecule has 8 aromatic carbocycles. The summed E-state index contributed by atoms with van der Waals surface area (Å²) in [6.07, 6.45) is 0. The number of fused-ring (bicyclic) bond motifs is 10. The third-order valence-electron chi connectivity index (χ3n) is 11.3. The van der Waals surface area contributed by atoms with Crippen LogP contribution in [0.1, 0.15) is 0 Å². The van der Waals surface area contributed by atoms with Crippen LogP contribution in [0.25, 0.3) is 66.1 Å². The van der Waals surface area contributed by atoms with Crippen molar-refractivity contribution >= 4 is 72.8 Å². The van der Waals surface area contributed by atoms with Gasteiger partial charge in [0.15, 0.2) is 0 Å². The van der Waals surface area contributed by atoms with E-state index in [1.165, 1.54) is 60.2 Å². The van der Waals surface area contributed by atoms with Crippen LogP contribution >= 0.6 is 0 Å². The highest BCUT2D eigenvalue weighted by atomic mass is 16.5. The number of hydrogen-bond donors (Lipinski definition) is 0. The van der Waals surface area contributed by atoms with Crippen LogP contribution in [0, 0.1) is 0 Å². The van der Waals surface area contributed by atoms with Crippen LogP contribution in [-0.2, 0) is 0 Å². The Morgan fingerprint density at radius 2 is 0.906 bits per heavy atom. The molecule has 2 aliphatic heterocycles. The molecule has 12 rings (SSSR count). The first-order valence-electron chi connectivity index (χ1n) is 18.2. The monoisotopic (exact) mass is 675 g/mol. The van der Waals surface area contributed by atoms with Gasteiger partial charge in [-0.05, 0) is 71.7 Å². The highest BCUT2D eigenvalue weighted by molar-refractivity contribution is 6.92. The molecule has 0 atom stereocenters. The van der Waals surface area contributed by atoms with Gasteiger partial charge in [0.05, 0.1) is 27.8 Å². The van der Waals surface area contributed by atoms with Crippen molar-refractivity contribution < 1.29 is 4.74 Å². The molecule has 0 aliphatic carbocycles. The smallest absolute Gasteiger partial charge is 0.336 e. The Hall–Kier alpha value is -6.98. The first-order chi connectivity index (χ1) is 26.3. The number of rotatable bonds is 3. The van der Waals surface area contributed by atoms with Gasteiger partial charge < -0.3 is 18.7 Å². The molecular weight excluding hydrogens is 645 g/mol. The molecule has 0 N–H and O–H groups in total. The van der Waals surface area contributed by atoms with E-state index in [0.29, 0.717) is 0 Å². The lowest BCUT2D eigenvalue weighted by molar-refractivity contribution is 0.487. The van der Waals surface area contributed by atoms with Crippen molar-refractivity contribution in [2.24, 2.45) is 0 Å². The second-order valence-corrected chi connectivity index (χ2v) is 14.1. The molecule has 4 nitrogen and oxygen atoms in total. The Kier molecular flexibility index (Phi) is 5.83. The van der Waals surface area contributed by atoms with E-state index in [2.05, 4.69) is 196 Å². The number of nitrogens with zero attached hydrogens (tertiary/aromatic N) is 3. The zero-order valence-electron chi connectivity index (χ0n) is 28.6. The van der Waals surface area contributed by atoms with Gasteiger partial charge in [0.2, 0.25) is 0 Å². The molecule has 10 aromatic rings. The zero-order valence-corrected chi connectivity index (χ0v) is 28.6. The lowest BCUT2D eigenvalue weighted by atomic mass is 9.44. The summed E-state index contributed by atoms with van der Waals surface area (Å²) in [4.78, 5) is 2.53. The van der Waals surface area contributed by atoms with E-state index < -0.39 is 0 Å². The van der Waals surface area contributed by atoms with Crippen LogP contribution in [-0.4, -0.2) is 16.0 Å². The normalized spacial score (nSPS) is 13.0. The number of aromatic nitrogens is 2. The van der Waals surface area contributed by atoms with E-state index in [4.69, 9.17) is 4.74 Å². The summed E-state index contributed by atoms with van der Waals surface area (Å²) in [6, 6.07) is 65.9. The fraction of sp³-hybridized carbons (Fsp3) is 0. The highest BCUT2D eigenvalue weighted by Gasteiger charge is 2.44. The summed E-state index contributed by atoms with van der Waals surface area (Å²) in [5.74, 6) is 1.78. The average Bonchev–Trinajstić information content (AvgIpc) is 3.74. The Labute approximate surface area is 306 Å². The predicted molar refractivity (Wildman–Crippen MR) is 221 cm³/mol. The van der Waals surface area contributed by atoms with Gasteiger partial charge in [-0.3, -0.25) is 0 Å². The molecule has 246 valence electrons. The third kappa shape index (κ3) is 3.96. The topological polar surface area (TPSA) is 22.3 Å². The number of ether oxygens (including phenoxy) is 1. The fourth-order valence-electron chi connectivity index (χ4n) is 9.18. The van der Waals surface area contributed by atoms with Crippen molar-refractivity contribution in [3.05, 3.63) is 182 Å². The standard InChI is InChI=1S/C48H30BN3O/c1-2-14-31(15-3-1)52-45-29-32(50-41-21-9-4-16-34(41)35-17-5-10-22-42(35)50)26-27-38(45)39-28-33(30-47-48(39)49(52)40-20-8-13-25-46(40)53-47)51-43-23-11-6-18-36(43)37-19-7-12-24-44(37)51/h1-30H. The van der Waals surface area contributed by atoms with E-state index >= 15 is 0 Å². The Balaban J connectivity index is 1.19. The number of benzene rings is 8. The molecule has 0 amide bonds. The second kappa shape index (κ2) is 10.8. The zero-order chi connectivity index (χ0) is 34.6. The molecule has 0 spiro atoms. The molecule has 2 aromatic heterocycles. The SMILES string of the molecule is c1ccc(N2B3c4ccccc4Oc4cc(-n5c6ccccc6c6ccccc65)cc(c43)-c3ccc(-n4c5ccccc5c5ccccc54)cc32)cc1. The molecule has 0 radical (unpaired) electrons. The minimum Gasteiger partial charge on any atom is -0.458 e. The summed E-state index contributed by atoms with van der Waals surface area (Å²) < 4.78 is 11.7. The number of para-hydroxylation sites is 6. The molecule has 0 saturated carbocycles. The van der Waals surface area contributed by atoms with Gasteiger partial charge in [-0.15, -0.1) is 0 Å². The molecule has 5 heteroatoms. The molecular formula is C48H30BN3O. The lowest BCUT2D eigenvalue weighted by Crippen LogP contribution is -2.59. The minimum absolute atomic E-state index is 0.0968. The summed E-state index contributed by atoms with van der Waals surface area (Å²) in [5.41, 5.74) is 14.0. The van der Waals surface area contributed by atoms with Gasteiger partial charge in [-0.1, -0.05) is 115 Å². The van der Waals surface area contributed by atoms with Gasteiger partial charge in [0.1, 0.15) is 11.5 Å². The maximum atomic E-state index is 6.92. The van der Waals surface area contributed by atoms with Crippen LogP contribution in [0.4, 0.5) is 11.4 Å². The summed E-state index contributed by atoms with van der Waals surface area (Å²) >= 11 is 0. The van der Waals surface area contributed by atoms with E-state index in [9.17, 15) is 0 Å². The maximum Gasteiger partial charge on any atom is 0.336 e. The van der Waals surface area contributed by atoms with Crippen LogP contribution in [0.15, 0.2) is 182 Å². The summed E-state index contributed by atoms with van der Waals surface area (Å²) in [7, 11) is 0. The number of hydrogen-bond acceptors (Lipinski definition) is 2. The van der Waals surface area contributed by atoms with Crippen molar-refractivity contribution in [2.75, 3.05) is 4.81 Å². The van der Waals surface area contributed by atoms with Crippen LogP contribution in [0.5, 0.6) is 11.5 Å². The molecule has 0 fully saturated rings. The van der Waals surface area contributed by atoms with Gasteiger partial charge in [-0.25, -0.2) is 0 Å². The van der Waals surface area contributed by atoms with Gasteiger partial charge in [-0.2, -0.15) is 0 Å². The quantitative estimate of drug-likeness (QED) is 0.174. The largest absolute Gasteiger partial charge is 0.458 e. The maximum absolute atomic E-state index is 6.92. The second-order valence-electron chi connectivity index (χ2n) is 14.1. The summed E-state index contributed by atoms with van der Waals surface area (Å²) in [5, 5.41) is 4.99. The van der Waals surface area contributed by atoms with E-state index in [-0.39, 0.29) is 6.85 Å². The Morgan fingerprint density at radius 1 is 0.377 bits per heavy atom. The molecule has 4 heterocycles. The van der Waals surface area contributed by atoms with Crippen LogP contribution < -0.4 is 20.5 Å². The van der Waals surface area contributed by atoms with Crippen molar-refractivity contribution in [3.63, 3.8) is 0 Å². The van der Waals surface area contributed by atoms with Gasteiger partial charge in [0.25, 0.3) is 0 Å². The highest BCUT2D eigenvalue weighted by Crippen LogP contribution is 2.47. The predicted octanol–water partition coefficient (Wildman–Crippen LogP) is 10.9. The van der Waals surface area contributed by atoms with E-state index in [0.717, 1.165) is 39.7 Å². The number of anilines is 2. The molecule has 0 saturated heterocycles. The fourth-order valence-corrected chi connectivity index (χ4v) is 9.18. The lowest BCUT2D eigenvalue weighted by Gasteiger charge is -2.42. The van der Waals surface area contributed by atoms with Crippen LogP contribution in [0.2, 0.25) is 0 Å². The first kappa shape index (κ1) is 28.7. The van der Waals surface area contributed by atoms with Crippen LogP contribution in [0.3, 0.4) is 0 Å². The first-order valence-corrected chi connectivity index (χ1v) is 18.2. The van der Waals surface area contributed by atoms with E-state index in [1.54, 1.807) is 0 Å². The van der Waals surface area contributed by atoms with Gasteiger partial charge >= 0.3 is 6.85 Å². The third-order valence-corrected chi connectivity index (χ3v) is 11.3. The minimum atomic E-state index is -0.0968. The molecule has 0 bridgehead atoms. The van der Waals surface area contributed by atoms with Gasteiger partial charge in [0, 0.05) is 55.7 Å². The molecule has 53 heavy (non-hydrogen) atoms. The Bertz CT molecular complexity index is 3020. The summed E-state index contributed by atoms with van der Waals surface area (Å²) in [6.45, 7) is -0.0968. The van der Waals surface area contributed by atoms with Crippen molar-refractivity contribution in [3.8, 4) is 34.0 Å². The van der Waals surface area contributed by atoms with Crippen molar-refractivity contribution in [2.45, 2.75) is 0 Å². The molecule has 0 unspecified atom stereocenters. The Morgan fingerprint density at radius 3 is 1.53 bits per heavy atom. The van der Waals surface area contributed by atoms with Crippen molar-refractivity contribution in [1.29, 1.82) is 0 Å².